The van der Waals surface area contributed by atoms with Crippen molar-refractivity contribution in [1.29, 1.82) is 0 Å². The molecule has 1 saturated heterocycles. The molecular weight excluding hydrogens is 502 g/mol. The molecule has 0 saturated carbocycles. The topological polar surface area (TPSA) is 140 Å². The van der Waals surface area contributed by atoms with Gasteiger partial charge in [-0.2, -0.15) is 5.10 Å². The number of benzene rings is 2. The van der Waals surface area contributed by atoms with Crippen LogP contribution in [0, 0.1) is 11.8 Å². The lowest BCUT2D eigenvalue weighted by molar-refractivity contribution is 0.0543. The molecule has 1 amide bonds. The van der Waals surface area contributed by atoms with E-state index in [1.54, 1.807) is 6.07 Å². The van der Waals surface area contributed by atoms with E-state index in [4.69, 9.17) is 32.3 Å². The molecule has 0 radical (unpaired) electrons. The maximum Gasteiger partial charge on any atom is 0.251 e. The Bertz CT molecular complexity index is 1310. The molecule has 2 unspecified atom stereocenters. The Morgan fingerprint density at radius 1 is 1.17 bits per heavy atom. The Morgan fingerprint density at radius 2 is 1.94 bits per heavy atom. The fourth-order valence-electron chi connectivity index (χ4n) is 5.54. The van der Waals surface area contributed by atoms with Crippen LogP contribution in [0.25, 0.3) is 0 Å². The molecule has 1 aliphatic carbocycles. The predicted octanol–water partition coefficient (Wildman–Crippen LogP) is 2.52. The number of aryl methyl sites for hydroxylation is 1. The fraction of sp³-hybridized carbons (Fsp3) is 0.440. The lowest BCUT2D eigenvalue weighted by Gasteiger charge is -2.37. The van der Waals surface area contributed by atoms with Crippen LogP contribution < -0.4 is 21.2 Å². The second kappa shape index (κ2) is 10.0. The zero-order valence-electron chi connectivity index (χ0n) is 19.8. The highest BCUT2D eigenvalue weighted by molar-refractivity contribution is 7.89. The number of nitrogen functional groups attached to an aromatic ring is 1. The van der Waals surface area contributed by atoms with Gasteiger partial charge in [-0.25, -0.2) is 13.6 Å². The Kier molecular flexibility index (Phi) is 6.95. The Hall–Kier alpha value is -2.66. The molecule has 5 N–H and O–H groups in total. The van der Waals surface area contributed by atoms with Crippen molar-refractivity contribution in [3.8, 4) is 0 Å². The molecular formula is C25H30ClN5O4S. The summed E-state index contributed by atoms with van der Waals surface area (Å²) in [6, 6.07) is 11.4. The van der Waals surface area contributed by atoms with E-state index in [1.165, 1.54) is 0 Å². The van der Waals surface area contributed by atoms with Crippen LogP contribution in [0.2, 0.25) is 5.02 Å². The van der Waals surface area contributed by atoms with E-state index in [0.29, 0.717) is 22.2 Å². The molecule has 2 aromatic rings. The van der Waals surface area contributed by atoms with Crippen molar-refractivity contribution >= 4 is 44.6 Å². The number of sulfonamides is 1. The monoisotopic (exact) mass is 531 g/mol. The van der Waals surface area contributed by atoms with E-state index in [0.717, 1.165) is 61.4 Å². The van der Waals surface area contributed by atoms with Gasteiger partial charge in [-0.05, 0) is 67.5 Å². The number of hydrogen-bond acceptors (Lipinski definition) is 7. The molecule has 0 bridgehead atoms. The van der Waals surface area contributed by atoms with Gasteiger partial charge >= 0.3 is 0 Å². The van der Waals surface area contributed by atoms with E-state index < -0.39 is 10.0 Å². The maximum atomic E-state index is 12.6. The third kappa shape index (κ3) is 5.08. The summed E-state index contributed by atoms with van der Waals surface area (Å²) in [5.41, 5.74) is 11.0. The summed E-state index contributed by atoms with van der Waals surface area (Å²) in [7, 11) is -3.63. The number of nitrogens with two attached hydrogens (primary N) is 2. The average molecular weight is 532 g/mol. The van der Waals surface area contributed by atoms with Gasteiger partial charge in [0.1, 0.15) is 0 Å². The van der Waals surface area contributed by atoms with Crippen molar-refractivity contribution in [3.05, 3.63) is 58.1 Å². The third-order valence-corrected chi connectivity index (χ3v) is 8.40. The summed E-state index contributed by atoms with van der Waals surface area (Å²) in [6.07, 6.45) is 3.71. The van der Waals surface area contributed by atoms with Gasteiger partial charge < -0.3 is 15.8 Å². The first kappa shape index (κ1) is 25.0. The predicted molar refractivity (Wildman–Crippen MR) is 141 cm³/mol. The van der Waals surface area contributed by atoms with Crippen molar-refractivity contribution in [2.24, 2.45) is 22.1 Å². The second-order valence-electron chi connectivity index (χ2n) is 9.62. The molecule has 0 aromatic heterocycles. The van der Waals surface area contributed by atoms with Crippen LogP contribution in [0.4, 0.5) is 11.4 Å². The van der Waals surface area contributed by atoms with Gasteiger partial charge in [-0.3, -0.25) is 9.80 Å². The van der Waals surface area contributed by atoms with Crippen molar-refractivity contribution in [2.75, 3.05) is 36.3 Å². The van der Waals surface area contributed by atoms with Crippen molar-refractivity contribution in [2.45, 2.75) is 31.7 Å². The van der Waals surface area contributed by atoms with Crippen LogP contribution >= 0.6 is 11.6 Å². The van der Waals surface area contributed by atoms with Crippen LogP contribution in [-0.2, 0) is 21.2 Å². The number of ether oxygens (including phenoxy) is 1. The molecule has 2 atom stereocenters. The number of carbonyl (C=O) groups excluding carboxylic acids is 1. The maximum absolute atomic E-state index is 12.6. The van der Waals surface area contributed by atoms with Crippen LogP contribution in [0.15, 0.2) is 41.5 Å². The van der Waals surface area contributed by atoms with Crippen LogP contribution in [0.1, 0.15) is 40.7 Å². The number of rotatable bonds is 6. The fourth-order valence-corrected chi connectivity index (χ4v) is 6.10. The summed E-state index contributed by atoms with van der Waals surface area (Å²) in [5.74, 6) is 0.0640. The molecule has 2 aliphatic heterocycles. The van der Waals surface area contributed by atoms with Crippen LogP contribution in [0.5, 0.6) is 0 Å². The summed E-state index contributed by atoms with van der Waals surface area (Å²) < 4.78 is 27.9. The number of anilines is 2. The zero-order valence-corrected chi connectivity index (χ0v) is 21.4. The van der Waals surface area contributed by atoms with E-state index in [2.05, 4.69) is 10.3 Å². The van der Waals surface area contributed by atoms with Gasteiger partial charge in [0, 0.05) is 36.8 Å². The molecule has 36 heavy (non-hydrogen) atoms. The van der Waals surface area contributed by atoms with E-state index in [9.17, 15) is 13.2 Å². The summed E-state index contributed by atoms with van der Waals surface area (Å²) in [6.45, 7) is 1.47. The number of carbonyl (C=O) groups is 1. The smallest absolute Gasteiger partial charge is 0.251 e. The normalized spacial score (nSPS) is 22.1. The Morgan fingerprint density at radius 3 is 2.67 bits per heavy atom. The number of nitrogens with one attached hydrogen (secondary N) is 1. The number of amides is 1. The van der Waals surface area contributed by atoms with E-state index in [-0.39, 0.29) is 30.2 Å². The molecule has 3 aliphatic rings. The summed E-state index contributed by atoms with van der Waals surface area (Å²) in [4.78, 5) is 12.6. The van der Waals surface area contributed by atoms with Gasteiger partial charge in [0.05, 0.1) is 33.9 Å². The highest BCUT2D eigenvalue weighted by Gasteiger charge is 2.45. The SMILES string of the molecule is Nc1ccc(N2N=C3c4ccc(C(=O)NCCS(N)(=O)=O)cc4CCC3C2C2CCOCC2)cc1Cl. The highest BCUT2D eigenvalue weighted by atomic mass is 35.5. The highest BCUT2D eigenvalue weighted by Crippen LogP contribution is 2.43. The van der Waals surface area contributed by atoms with Crippen molar-refractivity contribution in [3.63, 3.8) is 0 Å². The second-order valence-corrected chi connectivity index (χ2v) is 11.8. The lowest BCUT2D eigenvalue weighted by Crippen LogP contribution is -2.43. The van der Waals surface area contributed by atoms with Crippen molar-refractivity contribution < 1.29 is 17.9 Å². The molecule has 2 aromatic carbocycles. The largest absolute Gasteiger partial charge is 0.398 e. The van der Waals surface area contributed by atoms with Gasteiger partial charge in [-0.1, -0.05) is 17.7 Å². The van der Waals surface area contributed by atoms with Crippen LogP contribution in [-0.4, -0.2) is 51.6 Å². The number of nitrogens with zero attached hydrogens (tertiary/aromatic N) is 2. The lowest BCUT2D eigenvalue weighted by atomic mass is 9.73. The minimum absolute atomic E-state index is 0.0323. The molecule has 11 heteroatoms. The molecule has 0 spiro atoms. The van der Waals surface area contributed by atoms with E-state index >= 15 is 0 Å². The third-order valence-electron chi connectivity index (χ3n) is 7.30. The minimum atomic E-state index is -3.63. The first-order chi connectivity index (χ1) is 17.2. The molecule has 1 fully saturated rings. The van der Waals surface area contributed by atoms with Gasteiger partial charge in [0.2, 0.25) is 10.0 Å². The quantitative estimate of drug-likeness (QED) is 0.489. The average Bonchev–Trinajstić information content (AvgIpc) is 3.25. The number of halogens is 1. The Balaban J connectivity index is 1.44. The summed E-state index contributed by atoms with van der Waals surface area (Å²) in [5, 5.41) is 15.4. The zero-order chi connectivity index (χ0) is 25.4. The number of primary sulfonamides is 1. The van der Waals surface area contributed by atoms with Crippen LogP contribution in [0.3, 0.4) is 0 Å². The standard InChI is InChI=1S/C25H30ClN5O4S/c26-21-14-18(3-6-22(21)27)31-24(15-7-10-35-11-8-15)20-5-1-16-13-17(2-4-19(16)23(20)30-31)25(32)29-9-12-36(28,33)34/h2-4,6,13-15,20,24H,1,5,7-12,27H2,(H,29,32)(H2,28,33,34). The molecule has 2 heterocycles. The first-order valence-corrected chi connectivity index (χ1v) is 14.2. The molecule has 5 rings (SSSR count). The summed E-state index contributed by atoms with van der Waals surface area (Å²) >= 11 is 6.37. The molecule has 192 valence electrons. The molecule has 9 nitrogen and oxygen atoms in total. The van der Waals surface area contributed by atoms with Gasteiger partial charge in [0.25, 0.3) is 5.91 Å². The first-order valence-electron chi connectivity index (χ1n) is 12.1. The number of hydrazone groups is 1. The minimum Gasteiger partial charge on any atom is -0.398 e. The van der Waals surface area contributed by atoms with Crippen molar-refractivity contribution in [1.82, 2.24) is 5.32 Å². The van der Waals surface area contributed by atoms with E-state index in [1.807, 2.05) is 30.3 Å². The van der Waals surface area contributed by atoms with Gasteiger partial charge in [0.15, 0.2) is 0 Å². The Labute approximate surface area is 215 Å². The number of hydrogen-bond donors (Lipinski definition) is 3. The number of fused-ring (bicyclic) bond motifs is 3. The van der Waals surface area contributed by atoms with Gasteiger partial charge in [-0.15, -0.1) is 0 Å².